The number of ether oxygens (including phenoxy) is 1. The molecule has 10 heteroatoms. The first-order valence-electron chi connectivity index (χ1n) is 11.2. The van der Waals surface area contributed by atoms with Crippen LogP contribution in [0.5, 0.6) is 0 Å². The summed E-state index contributed by atoms with van der Waals surface area (Å²) in [6, 6.07) is 5.44. The molecule has 1 amide bonds. The van der Waals surface area contributed by atoms with Crippen LogP contribution in [0.2, 0.25) is 10.0 Å². The van der Waals surface area contributed by atoms with Gasteiger partial charge < -0.3 is 25.2 Å². The van der Waals surface area contributed by atoms with E-state index in [0.29, 0.717) is 47.9 Å². The highest BCUT2D eigenvalue weighted by atomic mass is 35.5. The molecule has 0 saturated carbocycles. The largest absolute Gasteiger partial charge is 0.444 e. The smallest absolute Gasteiger partial charge is 0.410 e. The van der Waals surface area contributed by atoms with Gasteiger partial charge in [0.25, 0.3) is 0 Å². The molecule has 2 N–H and O–H groups in total. The van der Waals surface area contributed by atoms with Crippen molar-refractivity contribution in [1.82, 2.24) is 20.2 Å². The molecule has 33 heavy (non-hydrogen) atoms. The Bertz CT molecular complexity index is 1020. The zero-order valence-electron chi connectivity index (χ0n) is 19.3. The van der Waals surface area contributed by atoms with E-state index in [-0.39, 0.29) is 6.09 Å². The van der Waals surface area contributed by atoms with Crippen LogP contribution in [0.4, 0.5) is 16.6 Å². The molecule has 8 nitrogen and oxygen atoms in total. The molecule has 1 aromatic carbocycles. The van der Waals surface area contributed by atoms with Crippen LogP contribution in [-0.4, -0.2) is 59.3 Å². The summed E-state index contributed by atoms with van der Waals surface area (Å²) in [4.78, 5) is 26.3. The molecule has 0 spiro atoms. The van der Waals surface area contributed by atoms with E-state index < -0.39 is 5.60 Å². The monoisotopic (exact) mass is 492 g/mol. The van der Waals surface area contributed by atoms with Crippen molar-refractivity contribution in [2.45, 2.75) is 45.9 Å². The molecule has 0 unspecified atom stereocenters. The van der Waals surface area contributed by atoms with Gasteiger partial charge in [-0.3, -0.25) is 0 Å². The number of piperazine rings is 1. The molecule has 1 aromatic heterocycles. The van der Waals surface area contributed by atoms with Gasteiger partial charge in [-0.2, -0.15) is 4.98 Å². The molecule has 1 fully saturated rings. The van der Waals surface area contributed by atoms with Crippen molar-refractivity contribution in [3.05, 3.63) is 45.1 Å². The lowest BCUT2D eigenvalue weighted by Gasteiger charge is -2.33. The highest BCUT2D eigenvalue weighted by Crippen LogP contribution is 2.29. The van der Waals surface area contributed by atoms with Gasteiger partial charge in [-0.05, 0) is 38.5 Å². The van der Waals surface area contributed by atoms with Gasteiger partial charge in [-0.25, -0.2) is 9.78 Å². The predicted octanol–water partition coefficient (Wildman–Crippen LogP) is 4.10. The standard InChI is InChI=1S/C23H30Cl2N6O2/c1-23(2,3)33-22(32)31-9-6-19-17(14-31)20(27-13-15-4-5-16(24)12-18(15)25)29-21(28-19)30-10-7-26-8-11-30/h4-5,12,26H,6-11,13-14H2,1-3H3,(H,27,28,29). The lowest BCUT2D eigenvalue weighted by Crippen LogP contribution is -2.45. The van der Waals surface area contributed by atoms with Crippen LogP contribution in [0, 0.1) is 0 Å². The maximum atomic E-state index is 12.7. The van der Waals surface area contributed by atoms with E-state index in [1.165, 1.54) is 0 Å². The topological polar surface area (TPSA) is 82.6 Å². The van der Waals surface area contributed by atoms with Crippen LogP contribution in [-0.2, 0) is 24.2 Å². The Morgan fingerprint density at radius 2 is 1.94 bits per heavy atom. The molecule has 0 bridgehead atoms. The van der Waals surface area contributed by atoms with Crippen molar-refractivity contribution >= 4 is 41.1 Å². The SMILES string of the molecule is CC(C)(C)OC(=O)N1CCc2nc(N3CCNCC3)nc(NCc3ccc(Cl)cc3Cl)c2C1. The summed E-state index contributed by atoms with van der Waals surface area (Å²) in [5, 5.41) is 7.98. The third kappa shape index (κ3) is 5.99. The molecular weight excluding hydrogens is 463 g/mol. The lowest BCUT2D eigenvalue weighted by atomic mass is 10.1. The van der Waals surface area contributed by atoms with E-state index in [1.807, 2.05) is 32.9 Å². The lowest BCUT2D eigenvalue weighted by molar-refractivity contribution is 0.0223. The van der Waals surface area contributed by atoms with E-state index in [4.69, 9.17) is 37.9 Å². The van der Waals surface area contributed by atoms with Crippen LogP contribution >= 0.6 is 23.2 Å². The highest BCUT2D eigenvalue weighted by Gasteiger charge is 2.29. The van der Waals surface area contributed by atoms with Crippen LogP contribution in [0.1, 0.15) is 37.6 Å². The van der Waals surface area contributed by atoms with Crippen LogP contribution in [0.3, 0.4) is 0 Å². The van der Waals surface area contributed by atoms with Crippen molar-refractivity contribution in [2.75, 3.05) is 42.9 Å². The Balaban J connectivity index is 1.61. The fourth-order valence-corrected chi connectivity index (χ4v) is 4.36. The summed E-state index contributed by atoms with van der Waals surface area (Å²) >= 11 is 12.4. The molecule has 0 aliphatic carbocycles. The molecule has 3 heterocycles. The molecule has 4 rings (SSSR count). The minimum Gasteiger partial charge on any atom is -0.444 e. The second-order valence-corrected chi connectivity index (χ2v) is 10.1. The van der Waals surface area contributed by atoms with Gasteiger partial charge in [0.1, 0.15) is 11.4 Å². The average Bonchev–Trinajstić information content (AvgIpc) is 2.77. The quantitative estimate of drug-likeness (QED) is 0.664. The summed E-state index contributed by atoms with van der Waals surface area (Å²) in [7, 11) is 0. The number of aromatic nitrogens is 2. The summed E-state index contributed by atoms with van der Waals surface area (Å²) < 4.78 is 5.59. The van der Waals surface area contributed by atoms with Gasteiger partial charge in [0.05, 0.1) is 12.2 Å². The van der Waals surface area contributed by atoms with Crippen molar-refractivity contribution in [1.29, 1.82) is 0 Å². The zero-order chi connectivity index (χ0) is 23.6. The predicted molar refractivity (Wildman–Crippen MR) is 131 cm³/mol. The van der Waals surface area contributed by atoms with E-state index in [2.05, 4.69) is 15.5 Å². The number of rotatable bonds is 4. The number of benzene rings is 1. The highest BCUT2D eigenvalue weighted by molar-refractivity contribution is 6.35. The normalized spacial score (nSPS) is 16.4. The number of carbonyl (C=O) groups is 1. The van der Waals surface area contributed by atoms with Gasteiger partial charge >= 0.3 is 6.09 Å². The maximum absolute atomic E-state index is 12.7. The van der Waals surface area contributed by atoms with Gasteiger partial charge in [0.2, 0.25) is 5.95 Å². The van der Waals surface area contributed by atoms with E-state index in [9.17, 15) is 4.79 Å². The van der Waals surface area contributed by atoms with Crippen molar-refractivity contribution in [2.24, 2.45) is 0 Å². The number of anilines is 2. The molecule has 0 atom stereocenters. The van der Waals surface area contributed by atoms with Gasteiger partial charge in [0, 0.05) is 61.3 Å². The van der Waals surface area contributed by atoms with Gasteiger partial charge in [0.15, 0.2) is 0 Å². The summed E-state index contributed by atoms with van der Waals surface area (Å²) in [5.74, 6) is 1.43. The fraction of sp³-hybridized carbons (Fsp3) is 0.522. The summed E-state index contributed by atoms with van der Waals surface area (Å²) in [5.41, 5.74) is 2.24. The Morgan fingerprint density at radius 1 is 1.18 bits per heavy atom. The summed E-state index contributed by atoms with van der Waals surface area (Å²) in [6.07, 6.45) is 0.318. The molecule has 0 radical (unpaired) electrons. The fourth-order valence-electron chi connectivity index (χ4n) is 3.88. The van der Waals surface area contributed by atoms with Crippen LogP contribution in [0.15, 0.2) is 18.2 Å². The summed E-state index contributed by atoms with van der Waals surface area (Å²) in [6.45, 7) is 10.5. The first kappa shape index (κ1) is 23.9. The Morgan fingerprint density at radius 3 is 2.64 bits per heavy atom. The average molecular weight is 493 g/mol. The molecule has 1 saturated heterocycles. The van der Waals surface area contributed by atoms with Crippen molar-refractivity contribution in [3.63, 3.8) is 0 Å². The van der Waals surface area contributed by atoms with Crippen molar-refractivity contribution in [3.8, 4) is 0 Å². The number of amides is 1. The number of nitrogens with one attached hydrogen (secondary N) is 2. The number of fused-ring (bicyclic) bond motifs is 1. The van der Waals surface area contributed by atoms with E-state index in [1.54, 1.807) is 11.0 Å². The first-order valence-corrected chi connectivity index (χ1v) is 12.0. The maximum Gasteiger partial charge on any atom is 0.410 e. The van der Waals surface area contributed by atoms with Crippen molar-refractivity contribution < 1.29 is 9.53 Å². The van der Waals surface area contributed by atoms with E-state index >= 15 is 0 Å². The minimum atomic E-state index is -0.549. The zero-order valence-corrected chi connectivity index (χ0v) is 20.8. The third-order valence-electron chi connectivity index (χ3n) is 5.56. The Kier molecular flexibility index (Phi) is 7.16. The Hall–Kier alpha value is -2.29. The third-order valence-corrected chi connectivity index (χ3v) is 6.15. The molecular formula is C23H30Cl2N6O2. The molecule has 2 aromatic rings. The van der Waals surface area contributed by atoms with Crippen LogP contribution < -0.4 is 15.5 Å². The number of hydrogen-bond acceptors (Lipinski definition) is 7. The van der Waals surface area contributed by atoms with Gasteiger partial charge in [-0.15, -0.1) is 0 Å². The molecule has 2 aliphatic heterocycles. The number of hydrogen-bond donors (Lipinski definition) is 2. The molecule has 178 valence electrons. The van der Waals surface area contributed by atoms with Crippen LogP contribution in [0.25, 0.3) is 0 Å². The number of halogens is 2. The second-order valence-electron chi connectivity index (χ2n) is 9.28. The van der Waals surface area contributed by atoms with E-state index in [0.717, 1.165) is 43.0 Å². The Labute approximate surface area is 204 Å². The minimum absolute atomic E-state index is 0.328. The van der Waals surface area contributed by atoms with Gasteiger partial charge in [-0.1, -0.05) is 29.3 Å². The number of nitrogens with zero attached hydrogens (tertiary/aromatic N) is 4. The molecule has 2 aliphatic rings. The second kappa shape index (κ2) is 9.91. The number of carbonyl (C=O) groups excluding carboxylic acids is 1. The first-order chi connectivity index (χ1) is 15.7.